The second-order valence-corrected chi connectivity index (χ2v) is 6.28. The van der Waals surface area contributed by atoms with Crippen molar-refractivity contribution in [3.8, 4) is 5.75 Å². The summed E-state index contributed by atoms with van der Waals surface area (Å²) in [5.41, 5.74) is 0. The van der Waals surface area contributed by atoms with Gasteiger partial charge in [0.05, 0.1) is 0 Å². The molecule has 0 unspecified atom stereocenters. The Labute approximate surface area is 98.4 Å². The van der Waals surface area contributed by atoms with Crippen LogP contribution >= 0.6 is 11.3 Å². The molecule has 0 amide bonds. The molecule has 1 heterocycles. The molecule has 0 bridgehead atoms. The van der Waals surface area contributed by atoms with Gasteiger partial charge in [-0.2, -0.15) is 8.42 Å². The van der Waals surface area contributed by atoms with Crippen molar-refractivity contribution < 1.29 is 12.6 Å². The molecule has 2 aromatic rings. The van der Waals surface area contributed by atoms with Gasteiger partial charge in [-0.25, -0.2) is 0 Å². The Hall–Kier alpha value is -1.33. The maximum absolute atomic E-state index is 11.8. The molecule has 0 aliphatic heterocycles. The van der Waals surface area contributed by atoms with E-state index in [2.05, 4.69) is 0 Å². The first kappa shape index (κ1) is 11.2. The van der Waals surface area contributed by atoms with Gasteiger partial charge in [-0.3, -0.25) is 0 Å². The van der Waals surface area contributed by atoms with Crippen LogP contribution in [0.2, 0.25) is 0 Å². The first-order valence-corrected chi connectivity index (χ1v) is 6.86. The maximum atomic E-state index is 11.8. The van der Waals surface area contributed by atoms with E-state index >= 15 is 0 Å². The number of benzene rings is 1. The van der Waals surface area contributed by atoms with Gasteiger partial charge in [0.1, 0.15) is 5.75 Å². The summed E-state index contributed by atoms with van der Waals surface area (Å²) in [7, 11) is -3.67. The Balaban J connectivity index is 2.28. The average Bonchev–Trinajstić information content (AvgIpc) is 2.66. The summed E-state index contributed by atoms with van der Waals surface area (Å²) in [6.45, 7) is 1.85. The summed E-state index contributed by atoms with van der Waals surface area (Å²) >= 11 is 1.20. The van der Waals surface area contributed by atoms with Crippen LogP contribution in [0.15, 0.2) is 46.7 Å². The molecule has 0 fully saturated rings. The molecule has 0 atom stereocenters. The van der Waals surface area contributed by atoms with E-state index in [0.29, 0.717) is 5.75 Å². The Kier molecular flexibility index (Phi) is 2.98. The zero-order valence-corrected chi connectivity index (χ0v) is 10.2. The fraction of sp³-hybridized carbons (Fsp3) is 0.0909. The summed E-state index contributed by atoms with van der Waals surface area (Å²) in [4.78, 5) is 0.940. The number of para-hydroxylation sites is 1. The summed E-state index contributed by atoms with van der Waals surface area (Å²) in [6, 6.07) is 11.8. The molecular formula is C11H10O3S2. The molecule has 84 valence electrons. The molecule has 5 heteroatoms. The lowest BCUT2D eigenvalue weighted by molar-refractivity contribution is 0.488. The largest absolute Gasteiger partial charge is 0.378 e. The Morgan fingerprint density at radius 1 is 1.06 bits per heavy atom. The quantitative estimate of drug-likeness (QED) is 0.791. The van der Waals surface area contributed by atoms with Gasteiger partial charge in [0.15, 0.2) is 4.21 Å². The van der Waals surface area contributed by atoms with Crippen LogP contribution in [0.4, 0.5) is 0 Å². The van der Waals surface area contributed by atoms with Gasteiger partial charge in [-0.05, 0) is 31.2 Å². The molecule has 0 saturated carbocycles. The third-order valence-electron chi connectivity index (χ3n) is 1.91. The zero-order chi connectivity index (χ0) is 11.6. The van der Waals surface area contributed by atoms with E-state index in [9.17, 15) is 8.42 Å². The second kappa shape index (κ2) is 4.27. The van der Waals surface area contributed by atoms with Crippen LogP contribution in [0.25, 0.3) is 0 Å². The van der Waals surface area contributed by atoms with Gasteiger partial charge in [-0.1, -0.05) is 18.2 Å². The van der Waals surface area contributed by atoms with Gasteiger partial charge in [0.25, 0.3) is 0 Å². The molecule has 1 aromatic carbocycles. The lowest BCUT2D eigenvalue weighted by atomic mass is 10.3. The van der Waals surface area contributed by atoms with Gasteiger partial charge in [-0.15, -0.1) is 11.3 Å². The monoisotopic (exact) mass is 254 g/mol. The van der Waals surface area contributed by atoms with E-state index in [4.69, 9.17) is 4.18 Å². The maximum Gasteiger partial charge on any atom is 0.348 e. The van der Waals surface area contributed by atoms with Crippen molar-refractivity contribution in [2.45, 2.75) is 11.1 Å². The molecule has 3 nitrogen and oxygen atoms in total. The van der Waals surface area contributed by atoms with E-state index in [-0.39, 0.29) is 4.21 Å². The summed E-state index contributed by atoms with van der Waals surface area (Å²) < 4.78 is 28.8. The van der Waals surface area contributed by atoms with Gasteiger partial charge >= 0.3 is 10.1 Å². The lowest BCUT2D eigenvalue weighted by Crippen LogP contribution is -2.07. The molecule has 0 spiro atoms. The highest BCUT2D eigenvalue weighted by Crippen LogP contribution is 2.24. The fourth-order valence-corrected chi connectivity index (χ4v) is 3.37. The Bertz CT molecular complexity index is 570. The first-order valence-electron chi connectivity index (χ1n) is 4.64. The van der Waals surface area contributed by atoms with E-state index in [1.807, 2.05) is 6.92 Å². The third-order valence-corrected chi connectivity index (χ3v) is 4.61. The van der Waals surface area contributed by atoms with Crippen molar-refractivity contribution in [2.24, 2.45) is 0 Å². The number of hydrogen-bond acceptors (Lipinski definition) is 4. The molecule has 0 radical (unpaired) electrons. The summed E-state index contributed by atoms with van der Waals surface area (Å²) in [5.74, 6) is 0.327. The Morgan fingerprint density at radius 3 is 2.31 bits per heavy atom. The van der Waals surface area contributed by atoms with Crippen molar-refractivity contribution >= 4 is 21.5 Å². The minimum atomic E-state index is -3.67. The minimum Gasteiger partial charge on any atom is -0.378 e. The molecule has 2 rings (SSSR count). The lowest BCUT2D eigenvalue weighted by Gasteiger charge is -2.03. The van der Waals surface area contributed by atoms with Gasteiger partial charge in [0.2, 0.25) is 0 Å². The van der Waals surface area contributed by atoms with E-state index in [0.717, 1.165) is 4.88 Å². The van der Waals surface area contributed by atoms with E-state index in [1.54, 1.807) is 42.5 Å². The van der Waals surface area contributed by atoms with Crippen LogP contribution in [0.1, 0.15) is 4.88 Å². The topological polar surface area (TPSA) is 43.4 Å². The number of aryl methyl sites for hydroxylation is 1. The molecule has 0 aliphatic rings. The number of rotatable bonds is 3. The highest BCUT2D eigenvalue weighted by Gasteiger charge is 2.18. The third kappa shape index (κ3) is 2.43. The van der Waals surface area contributed by atoms with Crippen molar-refractivity contribution in [3.63, 3.8) is 0 Å². The predicted molar refractivity (Wildman–Crippen MR) is 63.3 cm³/mol. The van der Waals surface area contributed by atoms with Gasteiger partial charge in [0, 0.05) is 4.88 Å². The molecule has 0 aliphatic carbocycles. The number of thiophene rings is 1. The predicted octanol–water partition coefficient (Wildman–Crippen LogP) is 2.82. The highest BCUT2D eigenvalue weighted by molar-refractivity contribution is 7.89. The normalized spacial score (nSPS) is 11.3. The SMILES string of the molecule is Cc1ccc(S(=O)(=O)Oc2ccccc2)s1. The second-order valence-electron chi connectivity index (χ2n) is 3.22. The van der Waals surface area contributed by atoms with Crippen molar-refractivity contribution in [1.29, 1.82) is 0 Å². The van der Waals surface area contributed by atoms with Crippen LogP contribution in [0, 0.1) is 6.92 Å². The summed E-state index contributed by atoms with van der Waals surface area (Å²) in [6.07, 6.45) is 0. The molecule has 0 N–H and O–H groups in total. The average molecular weight is 254 g/mol. The van der Waals surface area contributed by atoms with E-state index in [1.165, 1.54) is 11.3 Å². The first-order chi connectivity index (χ1) is 7.58. The van der Waals surface area contributed by atoms with Crippen LogP contribution in [0.3, 0.4) is 0 Å². The minimum absolute atomic E-state index is 0.230. The highest BCUT2D eigenvalue weighted by atomic mass is 32.3. The van der Waals surface area contributed by atoms with Crippen LogP contribution < -0.4 is 4.18 Å². The summed E-state index contributed by atoms with van der Waals surface area (Å²) in [5, 5.41) is 0. The van der Waals surface area contributed by atoms with Crippen molar-refractivity contribution in [2.75, 3.05) is 0 Å². The zero-order valence-electron chi connectivity index (χ0n) is 8.58. The van der Waals surface area contributed by atoms with Crippen molar-refractivity contribution in [3.05, 3.63) is 47.3 Å². The molecule has 0 saturated heterocycles. The fourth-order valence-electron chi connectivity index (χ4n) is 1.19. The molecule has 1 aromatic heterocycles. The smallest absolute Gasteiger partial charge is 0.348 e. The van der Waals surface area contributed by atoms with Crippen molar-refractivity contribution in [1.82, 2.24) is 0 Å². The van der Waals surface area contributed by atoms with Crippen LogP contribution in [-0.4, -0.2) is 8.42 Å². The van der Waals surface area contributed by atoms with Gasteiger partial charge < -0.3 is 4.18 Å². The standard InChI is InChI=1S/C11H10O3S2/c1-9-7-8-11(15-9)16(12,13)14-10-5-3-2-4-6-10/h2-8H,1H3. The van der Waals surface area contributed by atoms with E-state index < -0.39 is 10.1 Å². The number of hydrogen-bond donors (Lipinski definition) is 0. The van der Waals surface area contributed by atoms with Crippen LogP contribution in [-0.2, 0) is 10.1 Å². The van der Waals surface area contributed by atoms with Crippen LogP contribution in [0.5, 0.6) is 5.75 Å². The Morgan fingerprint density at radius 2 is 1.75 bits per heavy atom. The molecule has 16 heavy (non-hydrogen) atoms. The molecular weight excluding hydrogens is 244 g/mol.